The van der Waals surface area contributed by atoms with Crippen LogP contribution in [0.25, 0.3) is 0 Å². The lowest BCUT2D eigenvalue weighted by Crippen LogP contribution is -2.37. The minimum atomic E-state index is -0.0730. The fourth-order valence-corrected chi connectivity index (χ4v) is 2.37. The fourth-order valence-electron chi connectivity index (χ4n) is 2.37. The Balaban J connectivity index is 2.20. The molecule has 1 saturated heterocycles. The van der Waals surface area contributed by atoms with E-state index in [0.717, 1.165) is 12.8 Å². The first-order valence-corrected chi connectivity index (χ1v) is 6.52. The van der Waals surface area contributed by atoms with Crippen LogP contribution in [0.5, 0.6) is 5.75 Å². The van der Waals surface area contributed by atoms with Gasteiger partial charge in [0.1, 0.15) is 12.4 Å². The van der Waals surface area contributed by atoms with Gasteiger partial charge in [-0.15, -0.1) is 0 Å². The fraction of sp³-hybridized carbons (Fsp3) is 0.400. The molecular formula is C15H19NO3. The van der Waals surface area contributed by atoms with Gasteiger partial charge in [-0.05, 0) is 25.0 Å². The molecule has 1 unspecified atom stereocenters. The van der Waals surface area contributed by atoms with Crippen LogP contribution in [0.4, 0.5) is 0 Å². The maximum absolute atomic E-state index is 12.5. The number of benzene rings is 1. The Morgan fingerprint density at radius 2 is 2.32 bits per heavy atom. The molecule has 0 spiro atoms. The highest BCUT2D eigenvalue weighted by Gasteiger charge is 2.30. The topological polar surface area (TPSA) is 49.8 Å². The van der Waals surface area contributed by atoms with Gasteiger partial charge >= 0.3 is 0 Å². The number of amides is 1. The van der Waals surface area contributed by atoms with Gasteiger partial charge in [-0.3, -0.25) is 4.79 Å². The first kappa shape index (κ1) is 13.6. The number of likely N-dealkylation sites (tertiary alicyclic amines) is 1. The highest BCUT2D eigenvalue weighted by molar-refractivity contribution is 5.97. The lowest BCUT2D eigenvalue weighted by atomic mass is 10.1. The normalized spacial score (nSPS) is 18.4. The molecule has 1 aliphatic rings. The smallest absolute Gasteiger partial charge is 0.257 e. The van der Waals surface area contributed by atoms with Crippen molar-refractivity contribution in [3.8, 4) is 5.75 Å². The number of carbonyl (C=O) groups excluding carboxylic acids is 1. The minimum absolute atomic E-state index is 0.0153. The summed E-state index contributed by atoms with van der Waals surface area (Å²) in [5.41, 5.74) is 0.546. The summed E-state index contributed by atoms with van der Waals surface area (Å²) in [6.45, 7) is 4.68. The summed E-state index contributed by atoms with van der Waals surface area (Å²) in [7, 11) is 0. The second-order valence-electron chi connectivity index (χ2n) is 4.57. The van der Waals surface area contributed by atoms with Crippen LogP contribution in [0.2, 0.25) is 0 Å². The van der Waals surface area contributed by atoms with Crippen LogP contribution in [0.15, 0.2) is 36.9 Å². The van der Waals surface area contributed by atoms with E-state index in [1.165, 1.54) is 0 Å². The van der Waals surface area contributed by atoms with Crippen LogP contribution >= 0.6 is 0 Å². The van der Waals surface area contributed by atoms with Crippen molar-refractivity contribution >= 4 is 5.91 Å². The van der Waals surface area contributed by atoms with E-state index in [-0.39, 0.29) is 18.6 Å². The van der Waals surface area contributed by atoms with Crippen molar-refractivity contribution in [2.75, 3.05) is 19.8 Å². The van der Waals surface area contributed by atoms with E-state index in [0.29, 0.717) is 24.5 Å². The monoisotopic (exact) mass is 261 g/mol. The van der Waals surface area contributed by atoms with Crippen molar-refractivity contribution < 1.29 is 14.6 Å². The van der Waals surface area contributed by atoms with Gasteiger partial charge in [0.25, 0.3) is 5.91 Å². The number of aliphatic hydroxyl groups excluding tert-OH is 1. The standard InChI is InChI=1S/C15H19NO3/c1-2-10-19-14-8-4-3-7-13(14)15(18)16-9-5-6-12(16)11-17/h2-4,7-8,12,17H,1,5-6,9-11H2. The molecule has 1 heterocycles. The van der Waals surface area contributed by atoms with E-state index in [1.54, 1.807) is 23.1 Å². The van der Waals surface area contributed by atoms with Crippen molar-refractivity contribution in [1.29, 1.82) is 0 Å². The molecule has 1 fully saturated rings. The summed E-state index contributed by atoms with van der Waals surface area (Å²) in [6, 6.07) is 7.12. The van der Waals surface area contributed by atoms with Gasteiger partial charge in [0.05, 0.1) is 18.2 Å². The van der Waals surface area contributed by atoms with Gasteiger partial charge in [-0.2, -0.15) is 0 Å². The molecule has 1 atom stereocenters. The molecule has 102 valence electrons. The SMILES string of the molecule is C=CCOc1ccccc1C(=O)N1CCCC1CO. The summed E-state index contributed by atoms with van der Waals surface area (Å²) >= 11 is 0. The van der Waals surface area contributed by atoms with Crippen LogP contribution in [0.1, 0.15) is 23.2 Å². The van der Waals surface area contributed by atoms with E-state index in [1.807, 2.05) is 12.1 Å². The molecule has 0 bridgehead atoms. The van der Waals surface area contributed by atoms with E-state index in [4.69, 9.17) is 4.74 Å². The molecule has 0 saturated carbocycles. The first-order chi connectivity index (χ1) is 9.27. The molecule has 0 radical (unpaired) electrons. The Kier molecular flexibility index (Phi) is 4.58. The summed E-state index contributed by atoms with van der Waals surface area (Å²) in [4.78, 5) is 14.2. The predicted molar refractivity (Wildman–Crippen MR) is 73.3 cm³/mol. The van der Waals surface area contributed by atoms with Crippen LogP contribution in [-0.2, 0) is 0 Å². The Morgan fingerprint density at radius 1 is 1.53 bits per heavy atom. The average molecular weight is 261 g/mol. The largest absolute Gasteiger partial charge is 0.489 e. The molecule has 0 aliphatic carbocycles. The maximum Gasteiger partial charge on any atom is 0.257 e. The van der Waals surface area contributed by atoms with Gasteiger partial charge in [0.15, 0.2) is 0 Å². The van der Waals surface area contributed by atoms with Gasteiger partial charge in [0, 0.05) is 6.54 Å². The first-order valence-electron chi connectivity index (χ1n) is 6.52. The zero-order valence-electron chi connectivity index (χ0n) is 10.9. The number of para-hydroxylation sites is 1. The number of ether oxygens (including phenoxy) is 1. The van der Waals surface area contributed by atoms with Gasteiger partial charge in [-0.1, -0.05) is 24.8 Å². The van der Waals surface area contributed by atoms with Crippen LogP contribution < -0.4 is 4.74 Å². The van der Waals surface area contributed by atoms with E-state index >= 15 is 0 Å². The zero-order chi connectivity index (χ0) is 13.7. The van der Waals surface area contributed by atoms with E-state index in [9.17, 15) is 9.90 Å². The maximum atomic E-state index is 12.5. The predicted octanol–water partition coefficient (Wildman–Crippen LogP) is 1.85. The second-order valence-corrected chi connectivity index (χ2v) is 4.57. The summed E-state index contributed by atoms with van der Waals surface area (Å²) in [5.74, 6) is 0.493. The quantitative estimate of drug-likeness (QED) is 0.823. The number of nitrogens with zero attached hydrogens (tertiary/aromatic N) is 1. The highest BCUT2D eigenvalue weighted by atomic mass is 16.5. The highest BCUT2D eigenvalue weighted by Crippen LogP contribution is 2.25. The van der Waals surface area contributed by atoms with Crippen LogP contribution in [0.3, 0.4) is 0 Å². The molecule has 1 aromatic carbocycles. The minimum Gasteiger partial charge on any atom is -0.489 e. The summed E-state index contributed by atoms with van der Waals surface area (Å²) in [5, 5.41) is 9.30. The number of carbonyl (C=O) groups is 1. The molecule has 1 N–H and O–H groups in total. The lowest BCUT2D eigenvalue weighted by Gasteiger charge is -2.24. The molecule has 2 rings (SSSR count). The molecule has 1 aromatic rings. The number of hydrogen-bond donors (Lipinski definition) is 1. The molecule has 0 aromatic heterocycles. The average Bonchev–Trinajstić information content (AvgIpc) is 2.93. The third-order valence-corrected chi connectivity index (χ3v) is 3.32. The number of rotatable bonds is 5. The van der Waals surface area contributed by atoms with Crippen molar-refractivity contribution in [3.05, 3.63) is 42.5 Å². The second kappa shape index (κ2) is 6.38. The third-order valence-electron chi connectivity index (χ3n) is 3.32. The Labute approximate surface area is 113 Å². The Hall–Kier alpha value is -1.81. The Bertz CT molecular complexity index is 458. The van der Waals surface area contributed by atoms with Gasteiger partial charge < -0.3 is 14.7 Å². The summed E-state index contributed by atoms with van der Waals surface area (Å²) < 4.78 is 5.51. The van der Waals surface area contributed by atoms with Crippen LogP contribution in [0, 0.1) is 0 Å². The molecule has 4 nitrogen and oxygen atoms in total. The van der Waals surface area contributed by atoms with E-state index in [2.05, 4.69) is 6.58 Å². The molecule has 1 amide bonds. The molecule has 4 heteroatoms. The van der Waals surface area contributed by atoms with Crippen molar-refractivity contribution in [1.82, 2.24) is 4.90 Å². The van der Waals surface area contributed by atoms with E-state index < -0.39 is 0 Å². The number of hydrogen-bond acceptors (Lipinski definition) is 3. The zero-order valence-corrected chi connectivity index (χ0v) is 10.9. The number of aliphatic hydroxyl groups is 1. The molecule has 1 aliphatic heterocycles. The van der Waals surface area contributed by atoms with Crippen molar-refractivity contribution in [2.24, 2.45) is 0 Å². The lowest BCUT2D eigenvalue weighted by molar-refractivity contribution is 0.0674. The third kappa shape index (κ3) is 2.96. The van der Waals surface area contributed by atoms with Crippen LogP contribution in [-0.4, -0.2) is 41.7 Å². The van der Waals surface area contributed by atoms with Gasteiger partial charge in [-0.25, -0.2) is 0 Å². The Morgan fingerprint density at radius 3 is 3.05 bits per heavy atom. The molecular weight excluding hydrogens is 242 g/mol. The molecule has 19 heavy (non-hydrogen) atoms. The van der Waals surface area contributed by atoms with Crippen molar-refractivity contribution in [3.63, 3.8) is 0 Å². The van der Waals surface area contributed by atoms with Crippen molar-refractivity contribution in [2.45, 2.75) is 18.9 Å². The van der Waals surface area contributed by atoms with Gasteiger partial charge in [0.2, 0.25) is 0 Å². The summed E-state index contributed by atoms with van der Waals surface area (Å²) in [6.07, 6.45) is 3.44.